The second kappa shape index (κ2) is 4.26. The van der Waals surface area contributed by atoms with E-state index in [0.29, 0.717) is 19.6 Å². The molecule has 0 saturated carbocycles. The van der Waals surface area contributed by atoms with E-state index in [2.05, 4.69) is 5.32 Å². The quantitative estimate of drug-likeness (QED) is 0.646. The first-order valence-electron chi connectivity index (χ1n) is 4.15. The molecule has 0 amide bonds. The van der Waals surface area contributed by atoms with Crippen LogP contribution in [0.5, 0.6) is 0 Å². The number of hydrogen-bond acceptors (Lipinski definition) is 3. The summed E-state index contributed by atoms with van der Waals surface area (Å²) in [6.07, 6.45) is -4.18. The molecule has 78 valence electrons. The van der Waals surface area contributed by atoms with E-state index >= 15 is 0 Å². The topological polar surface area (TPSA) is 35.5 Å². The number of piperazine rings is 1. The summed E-state index contributed by atoms with van der Waals surface area (Å²) >= 11 is 0. The van der Waals surface area contributed by atoms with Gasteiger partial charge in [0.15, 0.2) is 0 Å². The van der Waals surface area contributed by atoms with E-state index in [1.54, 1.807) is 0 Å². The molecule has 0 bridgehead atoms. The fourth-order valence-corrected chi connectivity index (χ4v) is 1.42. The molecular weight excluding hydrogens is 185 g/mol. The number of halogens is 3. The van der Waals surface area contributed by atoms with E-state index in [4.69, 9.17) is 5.11 Å². The number of alkyl halides is 3. The standard InChI is InChI=1S/C7H13F3N2O/c8-7(9,10)5-12-2-1-11-3-6(12)4-13/h6,11,13H,1-5H2. The summed E-state index contributed by atoms with van der Waals surface area (Å²) < 4.78 is 36.0. The molecule has 2 N–H and O–H groups in total. The summed E-state index contributed by atoms with van der Waals surface area (Å²) in [5, 5.41) is 11.7. The van der Waals surface area contributed by atoms with Gasteiger partial charge in [-0.05, 0) is 0 Å². The molecule has 0 aromatic rings. The van der Waals surface area contributed by atoms with Gasteiger partial charge in [0, 0.05) is 25.7 Å². The van der Waals surface area contributed by atoms with Gasteiger partial charge in [0.25, 0.3) is 0 Å². The van der Waals surface area contributed by atoms with Crippen molar-refractivity contribution in [3.63, 3.8) is 0 Å². The first-order chi connectivity index (χ1) is 6.03. The number of aliphatic hydroxyl groups is 1. The van der Waals surface area contributed by atoms with Crippen molar-refractivity contribution in [2.24, 2.45) is 0 Å². The van der Waals surface area contributed by atoms with Crippen LogP contribution in [0.4, 0.5) is 13.2 Å². The second-order valence-corrected chi connectivity index (χ2v) is 3.13. The lowest BCUT2D eigenvalue weighted by Crippen LogP contribution is -2.55. The Balaban J connectivity index is 2.45. The van der Waals surface area contributed by atoms with Gasteiger partial charge in [-0.1, -0.05) is 0 Å². The number of aliphatic hydroxyl groups excluding tert-OH is 1. The van der Waals surface area contributed by atoms with Gasteiger partial charge in [-0.15, -0.1) is 0 Å². The molecule has 0 spiro atoms. The highest BCUT2D eigenvalue weighted by molar-refractivity contribution is 4.80. The van der Waals surface area contributed by atoms with Crippen LogP contribution in [-0.4, -0.2) is 55.0 Å². The maximum absolute atomic E-state index is 12.0. The van der Waals surface area contributed by atoms with Crippen molar-refractivity contribution in [2.45, 2.75) is 12.2 Å². The molecule has 1 rings (SSSR count). The van der Waals surface area contributed by atoms with Crippen molar-refractivity contribution < 1.29 is 18.3 Å². The first-order valence-corrected chi connectivity index (χ1v) is 4.15. The lowest BCUT2D eigenvalue weighted by atomic mass is 10.2. The van der Waals surface area contributed by atoms with Crippen LogP contribution in [-0.2, 0) is 0 Å². The SMILES string of the molecule is OCC1CNCCN1CC(F)(F)F. The molecule has 0 radical (unpaired) electrons. The van der Waals surface area contributed by atoms with Crippen LogP contribution in [0.15, 0.2) is 0 Å². The van der Waals surface area contributed by atoms with Gasteiger partial charge in [-0.3, -0.25) is 4.90 Å². The molecule has 1 atom stereocenters. The molecule has 1 fully saturated rings. The summed E-state index contributed by atoms with van der Waals surface area (Å²) in [5.74, 6) is 0. The average molecular weight is 198 g/mol. The zero-order valence-corrected chi connectivity index (χ0v) is 7.14. The molecule has 6 heteroatoms. The minimum Gasteiger partial charge on any atom is -0.395 e. The van der Waals surface area contributed by atoms with Crippen molar-refractivity contribution in [3.05, 3.63) is 0 Å². The zero-order valence-electron chi connectivity index (χ0n) is 7.14. The van der Waals surface area contributed by atoms with E-state index in [1.165, 1.54) is 4.90 Å². The molecule has 1 aliphatic heterocycles. The third-order valence-electron chi connectivity index (χ3n) is 2.07. The van der Waals surface area contributed by atoms with Gasteiger partial charge in [0.05, 0.1) is 13.2 Å². The maximum Gasteiger partial charge on any atom is 0.401 e. The highest BCUT2D eigenvalue weighted by Crippen LogP contribution is 2.18. The summed E-state index contributed by atoms with van der Waals surface area (Å²) in [5.41, 5.74) is 0. The Morgan fingerprint density at radius 3 is 2.69 bits per heavy atom. The summed E-state index contributed by atoms with van der Waals surface area (Å²) in [6, 6.07) is -0.407. The summed E-state index contributed by atoms with van der Waals surface area (Å²) in [7, 11) is 0. The fraction of sp³-hybridized carbons (Fsp3) is 1.00. The average Bonchev–Trinajstić information content (AvgIpc) is 2.02. The summed E-state index contributed by atoms with van der Waals surface area (Å²) in [4.78, 5) is 1.26. The Bertz CT molecular complexity index is 162. The van der Waals surface area contributed by atoms with Gasteiger partial charge in [0.1, 0.15) is 0 Å². The van der Waals surface area contributed by atoms with Crippen LogP contribution >= 0.6 is 0 Å². The molecule has 0 aromatic carbocycles. The van der Waals surface area contributed by atoms with Crippen LogP contribution in [0.25, 0.3) is 0 Å². The van der Waals surface area contributed by atoms with Crippen molar-refractivity contribution in [2.75, 3.05) is 32.8 Å². The van der Waals surface area contributed by atoms with Gasteiger partial charge in [-0.25, -0.2) is 0 Å². The Kier molecular flexibility index (Phi) is 3.52. The van der Waals surface area contributed by atoms with Gasteiger partial charge >= 0.3 is 6.18 Å². The molecule has 0 aromatic heterocycles. The monoisotopic (exact) mass is 198 g/mol. The minimum absolute atomic E-state index is 0.233. The van der Waals surface area contributed by atoms with Crippen molar-refractivity contribution in [1.82, 2.24) is 10.2 Å². The number of hydrogen-bond donors (Lipinski definition) is 2. The Labute approximate surface area is 74.5 Å². The molecule has 0 aliphatic carbocycles. The van der Waals surface area contributed by atoms with Crippen molar-refractivity contribution in [3.8, 4) is 0 Å². The lowest BCUT2D eigenvalue weighted by Gasteiger charge is -2.35. The second-order valence-electron chi connectivity index (χ2n) is 3.13. The lowest BCUT2D eigenvalue weighted by molar-refractivity contribution is -0.154. The first kappa shape index (κ1) is 10.7. The van der Waals surface area contributed by atoms with Crippen LogP contribution in [0, 0.1) is 0 Å². The Morgan fingerprint density at radius 1 is 1.46 bits per heavy atom. The van der Waals surface area contributed by atoms with Crippen LogP contribution in [0.3, 0.4) is 0 Å². The van der Waals surface area contributed by atoms with Crippen LogP contribution in [0.1, 0.15) is 0 Å². The van der Waals surface area contributed by atoms with E-state index in [-0.39, 0.29) is 6.61 Å². The van der Waals surface area contributed by atoms with Gasteiger partial charge in [-0.2, -0.15) is 13.2 Å². The van der Waals surface area contributed by atoms with Crippen molar-refractivity contribution >= 4 is 0 Å². The van der Waals surface area contributed by atoms with Crippen LogP contribution < -0.4 is 5.32 Å². The van der Waals surface area contributed by atoms with E-state index in [9.17, 15) is 13.2 Å². The highest BCUT2D eigenvalue weighted by Gasteiger charge is 2.34. The molecule has 1 aliphatic rings. The predicted octanol–water partition coefficient (Wildman–Crippen LogP) is -0.185. The molecule has 1 heterocycles. The molecule has 1 unspecified atom stereocenters. The number of nitrogens with zero attached hydrogens (tertiary/aromatic N) is 1. The smallest absolute Gasteiger partial charge is 0.395 e. The normalized spacial score (nSPS) is 26.3. The largest absolute Gasteiger partial charge is 0.401 e. The third kappa shape index (κ3) is 3.50. The summed E-state index contributed by atoms with van der Waals surface area (Å²) in [6.45, 7) is 0.146. The fourth-order valence-electron chi connectivity index (χ4n) is 1.42. The predicted molar refractivity (Wildman–Crippen MR) is 41.4 cm³/mol. The Hall–Kier alpha value is -0.330. The Morgan fingerprint density at radius 2 is 2.15 bits per heavy atom. The minimum atomic E-state index is -4.18. The molecule has 3 nitrogen and oxygen atoms in total. The van der Waals surface area contributed by atoms with Crippen molar-refractivity contribution in [1.29, 1.82) is 0 Å². The van der Waals surface area contributed by atoms with Gasteiger partial charge in [0.2, 0.25) is 0 Å². The number of rotatable bonds is 2. The third-order valence-corrected chi connectivity index (χ3v) is 2.07. The van der Waals surface area contributed by atoms with E-state index in [1.807, 2.05) is 0 Å². The van der Waals surface area contributed by atoms with E-state index < -0.39 is 18.8 Å². The molecule has 1 saturated heterocycles. The van der Waals surface area contributed by atoms with Crippen LogP contribution in [0.2, 0.25) is 0 Å². The maximum atomic E-state index is 12.0. The molecular formula is C7H13F3N2O. The number of nitrogens with one attached hydrogen (secondary N) is 1. The zero-order chi connectivity index (χ0) is 9.90. The highest BCUT2D eigenvalue weighted by atomic mass is 19.4. The van der Waals surface area contributed by atoms with Gasteiger partial charge < -0.3 is 10.4 Å². The molecule has 13 heavy (non-hydrogen) atoms. The van der Waals surface area contributed by atoms with E-state index in [0.717, 1.165) is 0 Å².